The highest BCUT2D eigenvalue weighted by Gasteiger charge is 2.21. The van der Waals surface area contributed by atoms with Crippen molar-refractivity contribution in [3.05, 3.63) is 77.1 Å². The Bertz CT molecular complexity index is 1070. The number of benzene rings is 2. The van der Waals surface area contributed by atoms with E-state index < -0.39 is 15.9 Å². The topological polar surface area (TPSA) is 81.1 Å². The Hall–Kier alpha value is -2.93. The third kappa shape index (κ3) is 3.52. The van der Waals surface area contributed by atoms with Gasteiger partial charge in [0.2, 0.25) is 0 Å². The number of sulfonamides is 1. The molecule has 0 fully saturated rings. The van der Waals surface area contributed by atoms with E-state index in [2.05, 4.69) is 9.82 Å². The second-order valence-corrected chi connectivity index (χ2v) is 7.80. The van der Waals surface area contributed by atoms with Gasteiger partial charge in [0.15, 0.2) is 5.69 Å². The zero-order valence-electron chi connectivity index (χ0n) is 14.7. The monoisotopic (exact) mass is 369 g/mol. The summed E-state index contributed by atoms with van der Waals surface area (Å²) >= 11 is 0. The van der Waals surface area contributed by atoms with Crippen molar-refractivity contribution in [3.8, 4) is 5.69 Å². The fourth-order valence-corrected chi connectivity index (χ4v) is 3.54. The first-order valence-corrected chi connectivity index (χ1v) is 9.53. The van der Waals surface area contributed by atoms with Crippen LogP contribution in [0.5, 0.6) is 0 Å². The Labute approximate surface area is 152 Å². The number of hydrogen-bond donors (Lipinski definition) is 1. The van der Waals surface area contributed by atoms with E-state index in [9.17, 15) is 13.2 Å². The maximum Gasteiger partial charge on any atom is 0.285 e. The molecule has 0 aliphatic rings. The van der Waals surface area contributed by atoms with E-state index in [1.807, 2.05) is 45.0 Å². The Morgan fingerprint density at radius 2 is 1.65 bits per heavy atom. The summed E-state index contributed by atoms with van der Waals surface area (Å²) in [6, 6.07) is 15.5. The van der Waals surface area contributed by atoms with E-state index in [4.69, 9.17) is 0 Å². The van der Waals surface area contributed by atoms with Gasteiger partial charge in [0.05, 0.1) is 10.6 Å². The summed E-state index contributed by atoms with van der Waals surface area (Å²) in [4.78, 5) is 12.5. The zero-order valence-corrected chi connectivity index (χ0v) is 15.5. The minimum Gasteiger partial charge on any atom is -0.266 e. The van der Waals surface area contributed by atoms with Crippen LogP contribution in [0.4, 0.5) is 0 Å². The normalized spacial score (nSPS) is 11.3. The number of hydrogen-bond acceptors (Lipinski definition) is 4. The molecule has 7 heteroatoms. The molecule has 0 saturated heterocycles. The maximum absolute atomic E-state index is 12.4. The zero-order chi connectivity index (χ0) is 18.9. The number of nitrogens with one attached hydrogen (secondary N) is 1. The Morgan fingerprint density at radius 1 is 1.00 bits per heavy atom. The molecule has 3 aromatic rings. The third-order valence-electron chi connectivity index (χ3n) is 4.02. The fraction of sp³-hybridized carbons (Fsp3) is 0.158. The van der Waals surface area contributed by atoms with Gasteiger partial charge in [0.25, 0.3) is 15.9 Å². The van der Waals surface area contributed by atoms with Crippen LogP contribution < -0.4 is 4.72 Å². The summed E-state index contributed by atoms with van der Waals surface area (Å²) in [5.74, 6) is -0.763. The second-order valence-electron chi connectivity index (χ2n) is 6.12. The minimum absolute atomic E-state index is 0.0338. The fourth-order valence-electron chi connectivity index (χ4n) is 2.58. The number of para-hydroxylation sites is 1. The van der Waals surface area contributed by atoms with Gasteiger partial charge in [-0.1, -0.05) is 35.9 Å². The molecular formula is C19H19N3O3S. The Balaban J connectivity index is 1.88. The van der Waals surface area contributed by atoms with Crippen molar-refractivity contribution in [1.29, 1.82) is 0 Å². The van der Waals surface area contributed by atoms with Gasteiger partial charge < -0.3 is 0 Å². The van der Waals surface area contributed by atoms with Crippen LogP contribution in [0.1, 0.15) is 27.3 Å². The lowest BCUT2D eigenvalue weighted by Crippen LogP contribution is -2.31. The van der Waals surface area contributed by atoms with Crippen molar-refractivity contribution in [2.24, 2.45) is 0 Å². The van der Waals surface area contributed by atoms with E-state index in [0.29, 0.717) is 0 Å². The molecule has 0 saturated carbocycles. The molecule has 26 heavy (non-hydrogen) atoms. The van der Waals surface area contributed by atoms with Crippen molar-refractivity contribution >= 4 is 15.9 Å². The molecule has 1 N–H and O–H groups in total. The standard InChI is InChI=1S/C19H19N3O3S/c1-13-8-10-16(11-9-13)26(24,25)21-19(23)17-12-15(3)22(20-17)18-7-5-4-6-14(18)2/h4-12H,1-3H3,(H,21,23). The molecule has 0 aliphatic carbocycles. The Kier molecular flexibility index (Phi) is 4.65. The number of aromatic nitrogens is 2. The summed E-state index contributed by atoms with van der Waals surface area (Å²) in [7, 11) is -3.95. The number of carbonyl (C=O) groups excluding carboxylic acids is 1. The molecule has 3 rings (SSSR count). The number of amides is 1. The smallest absolute Gasteiger partial charge is 0.266 e. The van der Waals surface area contributed by atoms with Crippen LogP contribution in [0.15, 0.2) is 59.5 Å². The van der Waals surface area contributed by atoms with E-state index in [0.717, 1.165) is 22.5 Å². The van der Waals surface area contributed by atoms with E-state index in [1.165, 1.54) is 12.1 Å². The molecule has 1 aromatic heterocycles. The molecule has 2 aromatic carbocycles. The van der Waals surface area contributed by atoms with Crippen LogP contribution in [0, 0.1) is 20.8 Å². The molecule has 0 radical (unpaired) electrons. The number of nitrogens with zero attached hydrogens (tertiary/aromatic N) is 2. The molecule has 6 nitrogen and oxygen atoms in total. The van der Waals surface area contributed by atoms with Crippen molar-refractivity contribution < 1.29 is 13.2 Å². The van der Waals surface area contributed by atoms with Gasteiger partial charge in [-0.15, -0.1) is 0 Å². The lowest BCUT2D eigenvalue weighted by atomic mass is 10.2. The molecule has 0 spiro atoms. The summed E-state index contributed by atoms with van der Waals surface area (Å²) in [5.41, 5.74) is 3.55. The molecule has 1 amide bonds. The molecule has 134 valence electrons. The summed E-state index contributed by atoms with van der Waals surface area (Å²) < 4.78 is 28.5. The highest BCUT2D eigenvalue weighted by atomic mass is 32.2. The lowest BCUT2D eigenvalue weighted by Gasteiger charge is -2.07. The number of rotatable bonds is 4. The number of aryl methyl sites for hydroxylation is 3. The van der Waals surface area contributed by atoms with Crippen LogP contribution in [0.25, 0.3) is 5.69 Å². The molecular weight excluding hydrogens is 350 g/mol. The average molecular weight is 369 g/mol. The Morgan fingerprint density at radius 3 is 2.31 bits per heavy atom. The molecule has 0 atom stereocenters. The SMILES string of the molecule is Cc1ccc(S(=O)(=O)NC(=O)c2cc(C)n(-c3ccccc3C)n2)cc1. The lowest BCUT2D eigenvalue weighted by molar-refractivity contribution is 0.0976. The molecule has 1 heterocycles. The first-order chi connectivity index (χ1) is 12.3. The van der Waals surface area contributed by atoms with Gasteiger partial charge in [0.1, 0.15) is 0 Å². The van der Waals surface area contributed by atoms with Crippen LogP contribution in [-0.4, -0.2) is 24.1 Å². The minimum atomic E-state index is -3.95. The predicted octanol–water partition coefficient (Wildman–Crippen LogP) is 2.92. The first kappa shape index (κ1) is 17.9. The molecule has 0 unspecified atom stereocenters. The predicted molar refractivity (Wildman–Crippen MR) is 98.9 cm³/mol. The van der Waals surface area contributed by atoms with Gasteiger partial charge in [-0.05, 0) is 50.6 Å². The van der Waals surface area contributed by atoms with E-state index >= 15 is 0 Å². The van der Waals surface area contributed by atoms with E-state index in [1.54, 1.807) is 22.9 Å². The van der Waals surface area contributed by atoms with Gasteiger partial charge in [-0.2, -0.15) is 5.10 Å². The summed E-state index contributed by atoms with van der Waals surface area (Å²) in [5, 5.41) is 4.27. The van der Waals surface area contributed by atoms with Crippen LogP contribution in [0.2, 0.25) is 0 Å². The number of carbonyl (C=O) groups is 1. The van der Waals surface area contributed by atoms with Gasteiger partial charge in [-0.3, -0.25) is 4.79 Å². The molecule has 0 aliphatic heterocycles. The van der Waals surface area contributed by atoms with Gasteiger partial charge >= 0.3 is 0 Å². The van der Waals surface area contributed by atoms with Crippen molar-refractivity contribution in [3.63, 3.8) is 0 Å². The quantitative estimate of drug-likeness (QED) is 0.767. The highest BCUT2D eigenvalue weighted by Crippen LogP contribution is 2.17. The molecule has 0 bridgehead atoms. The van der Waals surface area contributed by atoms with Crippen molar-refractivity contribution in [2.75, 3.05) is 0 Å². The highest BCUT2D eigenvalue weighted by molar-refractivity contribution is 7.90. The second kappa shape index (κ2) is 6.76. The largest absolute Gasteiger partial charge is 0.285 e. The first-order valence-electron chi connectivity index (χ1n) is 8.04. The van der Waals surface area contributed by atoms with Crippen LogP contribution in [-0.2, 0) is 10.0 Å². The van der Waals surface area contributed by atoms with E-state index in [-0.39, 0.29) is 10.6 Å². The summed E-state index contributed by atoms with van der Waals surface area (Å²) in [6.45, 7) is 5.61. The third-order valence-corrected chi connectivity index (χ3v) is 5.37. The van der Waals surface area contributed by atoms with Crippen molar-refractivity contribution in [2.45, 2.75) is 25.7 Å². The van der Waals surface area contributed by atoms with Crippen LogP contribution in [0.3, 0.4) is 0 Å². The van der Waals surface area contributed by atoms with Crippen LogP contribution >= 0.6 is 0 Å². The van der Waals surface area contributed by atoms with Gasteiger partial charge in [0, 0.05) is 5.69 Å². The maximum atomic E-state index is 12.4. The summed E-state index contributed by atoms with van der Waals surface area (Å²) in [6.07, 6.45) is 0. The van der Waals surface area contributed by atoms with Gasteiger partial charge in [-0.25, -0.2) is 17.8 Å². The van der Waals surface area contributed by atoms with Crippen molar-refractivity contribution in [1.82, 2.24) is 14.5 Å². The average Bonchev–Trinajstić information content (AvgIpc) is 2.97.